The zero-order chi connectivity index (χ0) is 12.4. The highest BCUT2D eigenvalue weighted by molar-refractivity contribution is 5.45. The first-order valence-electron chi connectivity index (χ1n) is 6.85. The highest BCUT2D eigenvalue weighted by atomic mass is 16.5. The van der Waals surface area contributed by atoms with Crippen LogP contribution >= 0.6 is 0 Å². The molecule has 0 unspecified atom stereocenters. The second-order valence-electron chi connectivity index (χ2n) is 5.41. The topological polar surface area (TPSA) is 9.23 Å². The number of benzene rings is 1. The quantitative estimate of drug-likeness (QED) is 0.713. The molecule has 1 saturated carbocycles. The van der Waals surface area contributed by atoms with Crippen LogP contribution in [0, 0.1) is 5.92 Å². The number of ether oxygens (including phenoxy) is 1. The van der Waals surface area contributed by atoms with Gasteiger partial charge in [-0.25, -0.2) is 0 Å². The molecule has 1 fully saturated rings. The van der Waals surface area contributed by atoms with Gasteiger partial charge in [-0.1, -0.05) is 39.0 Å². The van der Waals surface area contributed by atoms with Crippen LogP contribution in [0.3, 0.4) is 0 Å². The third-order valence-corrected chi connectivity index (χ3v) is 4.24. The van der Waals surface area contributed by atoms with Gasteiger partial charge >= 0.3 is 0 Å². The fraction of sp³-hybridized carbons (Fsp3) is 0.625. The Kier molecular flexibility index (Phi) is 3.76. The summed E-state index contributed by atoms with van der Waals surface area (Å²) in [5.74, 6) is 3.25. The molecule has 0 aliphatic heterocycles. The van der Waals surface area contributed by atoms with Crippen LogP contribution in [0.25, 0.3) is 0 Å². The van der Waals surface area contributed by atoms with Gasteiger partial charge in [-0.2, -0.15) is 0 Å². The molecule has 1 nitrogen and oxygen atoms in total. The molecule has 0 bridgehead atoms. The molecule has 1 aliphatic rings. The van der Waals surface area contributed by atoms with Crippen LogP contribution in [0.15, 0.2) is 18.2 Å². The van der Waals surface area contributed by atoms with E-state index in [1.54, 1.807) is 0 Å². The number of methoxy groups -OCH3 is 1. The highest BCUT2D eigenvalue weighted by Gasteiger charge is 2.31. The Morgan fingerprint density at radius 1 is 1.24 bits per heavy atom. The van der Waals surface area contributed by atoms with E-state index in [-0.39, 0.29) is 0 Å². The number of para-hydroxylation sites is 1. The predicted octanol–water partition coefficient (Wildman–Crippen LogP) is 4.72. The van der Waals surface area contributed by atoms with Crippen molar-refractivity contribution in [3.63, 3.8) is 0 Å². The minimum atomic E-state index is 0.580. The van der Waals surface area contributed by atoms with Gasteiger partial charge in [-0.3, -0.25) is 0 Å². The third kappa shape index (κ3) is 2.48. The van der Waals surface area contributed by atoms with Crippen LogP contribution in [0.5, 0.6) is 5.75 Å². The van der Waals surface area contributed by atoms with Crippen molar-refractivity contribution in [1.29, 1.82) is 0 Å². The lowest BCUT2D eigenvalue weighted by atomic mass is 9.89. The van der Waals surface area contributed by atoms with Gasteiger partial charge in [0.1, 0.15) is 5.75 Å². The van der Waals surface area contributed by atoms with Crippen LogP contribution in [-0.2, 0) is 0 Å². The lowest BCUT2D eigenvalue weighted by Crippen LogP contribution is -2.04. The maximum absolute atomic E-state index is 5.70. The smallest absolute Gasteiger partial charge is 0.125 e. The van der Waals surface area contributed by atoms with Crippen molar-refractivity contribution in [3.05, 3.63) is 29.3 Å². The Hall–Kier alpha value is -0.980. The Labute approximate surface area is 105 Å². The second-order valence-corrected chi connectivity index (χ2v) is 5.41. The molecule has 1 aliphatic carbocycles. The SMILES string of the molecule is CC[C@H](C)c1cccc([C@@H](C)C2CC2)c1OC. The summed E-state index contributed by atoms with van der Waals surface area (Å²) in [5, 5.41) is 0. The molecule has 17 heavy (non-hydrogen) atoms. The Bertz CT molecular complexity index is 379. The molecule has 0 amide bonds. The van der Waals surface area contributed by atoms with E-state index in [0.29, 0.717) is 11.8 Å². The lowest BCUT2D eigenvalue weighted by Gasteiger charge is -2.21. The Morgan fingerprint density at radius 2 is 1.88 bits per heavy atom. The molecular weight excluding hydrogens is 208 g/mol. The molecule has 0 heterocycles. The van der Waals surface area contributed by atoms with Crippen LogP contribution in [0.4, 0.5) is 0 Å². The van der Waals surface area contributed by atoms with E-state index < -0.39 is 0 Å². The molecule has 0 radical (unpaired) electrons. The van der Waals surface area contributed by atoms with Crippen molar-refractivity contribution in [1.82, 2.24) is 0 Å². The Morgan fingerprint density at radius 3 is 2.41 bits per heavy atom. The van der Waals surface area contributed by atoms with E-state index in [2.05, 4.69) is 39.0 Å². The fourth-order valence-corrected chi connectivity index (χ4v) is 2.63. The van der Waals surface area contributed by atoms with Crippen molar-refractivity contribution < 1.29 is 4.74 Å². The van der Waals surface area contributed by atoms with Gasteiger partial charge in [0.25, 0.3) is 0 Å². The zero-order valence-corrected chi connectivity index (χ0v) is 11.5. The van der Waals surface area contributed by atoms with Crippen LogP contribution in [0.2, 0.25) is 0 Å². The van der Waals surface area contributed by atoms with Gasteiger partial charge in [-0.05, 0) is 48.1 Å². The molecular formula is C16H24O. The first-order valence-corrected chi connectivity index (χ1v) is 6.85. The van der Waals surface area contributed by atoms with E-state index in [1.165, 1.54) is 24.0 Å². The van der Waals surface area contributed by atoms with Gasteiger partial charge in [0.2, 0.25) is 0 Å². The minimum absolute atomic E-state index is 0.580. The fourth-order valence-electron chi connectivity index (χ4n) is 2.63. The van der Waals surface area contributed by atoms with Gasteiger partial charge < -0.3 is 4.74 Å². The summed E-state index contributed by atoms with van der Waals surface area (Å²) >= 11 is 0. The summed E-state index contributed by atoms with van der Waals surface area (Å²) in [5.41, 5.74) is 2.78. The summed E-state index contributed by atoms with van der Waals surface area (Å²) < 4.78 is 5.70. The molecule has 0 spiro atoms. The van der Waals surface area contributed by atoms with Crippen LogP contribution < -0.4 is 4.74 Å². The average molecular weight is 232 g/mol. The maximum Gasteiger partial charge on any atom is 0.125 e. The van der Waals surface area contributed by atoms with Crippen LogP contribution in [-0.4, -0.2) is 7.11 Å². The minimum Gasteiger partial charge on any atom is -0.496 e. The normalized spacial score (nSPS) is 18.8. The van der Waals surface area contributed by atoms with E-state index in [4.69, 9.17) is 4.74 Å². The van der Waals surface area contributed by atoms with E-state index in [9.17, 15) is 0 Å². The van der Waals surface area contributed by atoms with Crippen molar-refractivity contribution in [2.24, 2.45) is 5.92 Å². The van der Waals surface area contributed by atoms with Gasteiger partial charge in [0.15, 0.2) is 0 Å². The predicted molar refractivity (Wildman–Crippen MR) is 72.8 cm³/mol. The molecule has 0 saturated heterocycles. The molecule has 94 valence electrons. The van der Waals surface area contributed by atoms with Crippen molar-refractivity contribution in [3.8, 4) is 5.75 Å². The molecule has 0 aromatic heterocycles. The molecule has 1 aromatic carbocycles. The number of hydrogen-bond donors (Lipinski definition) is 0. The van der Waals surface area contributed by atoms with Crippen molar-refractivity contribution in [2.75, 3.05) is 7.11 Å². The van der Waals surface area contributed by atoms with E-state index in [1.807, 2.05) is 7.11 Å². The standard InChI is InChI=1S/C16H24O/c1-5-11(2)14-7-6-8-15(16(14)17-4)12(3)13-9-10-13/h6-8,11-13H,5,9-10H2,1-4H3/t11-,12-/m0/s1. The first kappa shape index (κ1) is 12.5. The molecule has 0 N–H and O–H groups in total. The van der Waals surface area contributed by atoms with Crippen molar-refractivity contribution in [2.45, 2.75) is 51.9 Å². The van der Waals surface area contributed by atoms with Crippen molar-refractivity contribution >= 4 is 0 Å². The molecule has 2 atom stereocenters. The highest BCUT2D eigenvalue weighted by Crippen LogP contribution is 2.46. The summed E-state index contributed by atoms with van der Waals surface area (Å²) in [6, 6.07) is 6.65. The average Bonchev–Trinajstić information content (AvgIpc) is 3.20. The monoisotopic (exact) mass is 232 g/mol. The number of rotatable bonds is 5. The summed E-state index contributed by atoms with van der Waals surface area (Å²) in [4.78, 5) is 0. The van der Waals surface area contributed by atoms with Crippen LogP contribution in [0.1, 0.15) is 63.0 Å². The second kappa shape index (κ2) is 5.12. The molecule has 1 aromatic rings. The molecule has 2 rings (SSSR count). The summed E-state index contributed by atoms with van der Waals surface area (Å²) in [7, 11) is 1.81. The molecule has 1 heteroatoms. The van der Waals surface area contributed by atoms with E-state index >= 15 is 0 Å². The largest absolute Gasteiger partial charge is 0.496 e. The maximum atomic E-state index is 5.70. The van der Waals surface area contributed by atoms with Gasteiger partial charge in [-0.15, -0.1) is 0 Å². The summed E-state index contributed by atoms with van der Waals surface area (Å²) in [6.07, 6.45) is 3.94. The number of hydrogen-bond acceptors (Lipinski definition) is 1. The van der Waals surface area contributed by atoms with Gasteiger partial charge in [0.05, 0.1) is 7.11 Å². The lowest BCUT2D eigenvalue weighted by molar-refractivity contribution is 0.395. The zero-order valence-electron chi connectivity index (χ0n) is 11.5. The Balaban J connectivity index is 2.37. The van der Waals surface area contributed by atoms with E-state index in [0.717, 1.165) is 18.1 Å². The van der Waals surface area contributed by atoms with Gasteiger partial charge in [0, 0.05) is 0 Å². The summed E-state index contributed by atoms with van der Waals surface area (Å²) in [6.45, 7) is 6.86. The first-order chi connectivity index (χ1) is 8.19. The third-order valence-electron chi connectivity index (χ3n) is 4.24.